The van der Waals surface area contributed by atoms with Crippen LogP contribution in [0.25, 0.3) is 11.2 Å². The van der Waals surface area contributed by atoms with Crippen LogP contribution in [0.15, 0.2) is 11.1 Å². The number of phosphoric acid groups is 6. The molecule has 3 rings (SSSR count). The molecule has 0 radical (unpaired) electrons. The summed E-state index contributed by atoms with van der Waals surface area (Å²) in [6, 6.07) is 0. The standard InChI is InChI=1S/C10H16N5O14P3.Na.H5O10P3/c11-10-13-7-4(8(18)14-10)12-2-15(7)9-6(17)5(16)3(27-9)1-26-31(22,23)29-32(24,25)28-30(19,20)21;;1-11(2,3)9-13(7,8)10-12(4,5)6/h2-3,5-6,9,16-17H,1H2,(H,22,23)(H,24,25)(H2,19,20,21)(H3,11,13,14,18);;(H,7,8)(H2,1,2,3)(H2,4,5,6)/q;+1;/p-1/t3-,5-,6-,9-;;/m1../s1. The second-order valence-electron chi connectivity index (χ2n) is 7.80. The third kappa shape index (κ3) is 14.4. The molecule has 260 valence electrons. The SMILES string of the molecule is Nc1nc2c(ncn2[C@@H]2O[C@H](COP(=O)([O-])OP(=O)(O)OP(=O)(O)O)[C@@H](O)[C@H]2O)c(=O)[nH]1.O=P(O)(O)OP(=O)(O)OP(=O)(O)O.[Na+]. The van der Waals surface area contributed by atoms with Crippen molar-refractivity contribution in [1.29, 1.82) is 0 Å². The van der Waals surface area contributed by atoms with E-state index < -0.39 is 83.6 Å². The van der Waals surface area contributed by atoms with Crippen LogP contribution >= 0.6 is 46.9 Å². The Labute approximate surface area is 274 Å². The molecule has 3 heterocycles. The average Bonchev–Trinajstić information content (AvgIpc) is 3.28. The van der Waals surface area contributed by atoms with E-state index in [1.54, 1.807) is 0 Å². The van der Waals surface area contributed by atoms with Crippen molar-refractivity contribution in [2.45, 2.75) is 24.5 Å². The van der Waals surface area contributed by atoms with E-state index in [1.165, 1.54) is 0 Å². The molecule has 1 aliphatic heterocycles. The number of aromatic nitrogens is 4. The monoisotopic (exact) mass is 803 g/mol. The van der Waals surface area contributed by atoms with Gasteiger partial charge in [-0.15, -0.1) is 0 Å². The number of nitrogen functional groups attached to an aromatic ring is 1. The molecule has 0 aromatic carbocycles. The van der Waals surface area contributed by atoms with Crippen molar-refractivity contribution in [2.24, 2.45) is 0 Å². The number of phosphoric ester groups is 1. The van der Waals surface area contributed by atoms with E-state index in [1.807, 2.05) is 0 Å². The second kappa shape index (κ2) is 15.8. The Bertz CT molecular complexity index is 1700. The zero-order valence-corrected chi connectivity index (χ0v) is 29.3. The number of nitrogens with one attached hydrogen (secondary N) is 1. The van der Waals surface area contributed by atoms with Crippen LogP contribution in [-0.2, 0) is 53.9 Å². The summed E-state index contributed by atoms with van der Waals surface area (Å²) in [6.45, 7) is -1.08. The van der Waals surface area contributed by atoms with E-state index in [0.717, 1.165) is 10.9 Å². The van der Waals surface area contributed by atoms with Gasteiger partial charge in [-0.05, 0) is 0 Å². The minimum absolute atomic E-state index is 0. The number of fused-ring (bicyclic) bond motifs is 1. The molecule has 2 unspecified atom stereocenters. The fourth-order valence-corrected chi connectivity index (χ4v) is 8.50. The molecule has 0 aliphatic carbocycles. The molecule has 1 fully saturated rings. The first-order valence-corrected chi connectivity index (χ1v) is 19.4. The fourth-order valence-electron chi connectivity index (χ4n) is 2.97. The molecule has 1 aliphatic rings. The minimum atomic E-state index is -5.79. The molecule has 0 saturated carbocycles. The number of aromatic amines is 1. The van der Waals surface area contributed by atoms with Gasteiger partial charge in [-0.3, -0.25) is 18.9 Å². The van der Waals surface area contributed by atoms with Gasteiger partial charge in [0, 0.05) is 0 Å². The molecule has 13 N–H and O–H groups in total. The van der Waals surface area contributed by atoms with Crippen molar-refractivity contribution < 1.29 is 138 Å². The van der Waals surface area contributed by atoms with E-state index in [9.17, 15) is 47.3 Å². The predicted octanol–water partition coefficient (Wildman–Crippen LogP) is -6.66. The zero-order chi connectivity index (χ0) is 35.0. The van der Waals surface area contributed by atoms with Gasteiger partial charge in [0.25, 0.3) is 13.4 Å². The Morgan fingerprint density at radius 1 is 0.870 bits per heavy atom. The number of rotatable bonds is 12. The van der Waals surface area contributed by atoms with Crippen LogP contribution in [-0.4, -0.2) is 93.8 Å². The van der Waals surface area contributed by atoms with E-state index in [2.05, 4.69) is 36.7 Å². The molecule has 2 aromatic heterocycles. The summed E-state index contributed by atoms with van der Waals surface area (Å²) < 4.78 is 87.5. The maximum absolute atomic E-state index is 11.8. The summed E-state index contributed by atoms with van der Waals surface area (Å²) in [7, 11) is -33.3. The number of imidazole rings is 1. The van der Waals surface area contributed by atoms with Crippen molar-refractivity contribution in [1.82, 2.24) is 19.5 Å². The molecule has 46 heavy (non-hydrogen) atoms. The van der Waals surface area contributed by atoms with Gasteiger partial charge in [0.05, 0.1) is 12.9 Å². The van der Waals surface area contributed by atoms with E-state index in [4.69, 9.17) is 49.6 Å². The largest absolute Gasteiger partial charge is 1.00 e. The van der Waals surface area contributed by atoms with Crippen LogP contribution in [0.4, 0.5) is 5.95 Å². The average molecular weight is 803 g/mol. The van der Waals surface area contributed by atoms with Gasteiger partial charge in [0.15, 0.2) is 17.4 Å². The van der Waals surface area contributed by atoms with Crippen LogP contribution < -0.4 is 45.7 Å². The maximum Gasteiger partial charge on any atom is 1.00 e. The van der Waals surface area contributed by atoms with Gasteiger partial charge in [0.1, 0.15) is 18.3 Å². The molecule has 2 aromatic rings. The van der Waals surface area contributed by atoms with E-state index in [0.29, 0.717) is 0 Å². The van der Waals surface area contributed by atoms with E-state index >= 15 is 0 Å². The van der Waals surface area contributed by atoms with E-state index in [-0.39, 0.29) is 46.7 Å². The number of nitrogens with zero attached hydrogens (tertiary/aromatic N) is 3. The number of aliphatic hydroxyl groups is 2. The van der Waals surface area contributed by atoms with Crippen molar-refractivity contribution in [3.05, 3.63) is 16.7 Å². The molecule has 29 nitrogen and oxygen atoms in total. The Kier molecular flexibility index (Phi) is 15.1. The molecule has 0 spiro atoms. The first kappa shape index (κ1) is 43.9. The van der Waals surface area contributed by atoms with Crippen LogP contribution in [0, 0.1) is 0 Å². The number of aliphatic hydroxyl groups excluding tert-OH is 2. The molecule has 0 bridgehead atoms. The number of anilines is 1. The first-order valence-electron chi connectivity index (χ1n) is 10.4. The first-order chi connectivity index (χ1) is 20.0. The molecular weight excluding hydrogens is 783 g/mol. The van der Waals surface area contributed by atoms with Gasteiger partial charge in [0.2, 0.25) is 5.95 Å². The Hall–Kier alpha value is -0.150. The Morgan fingerprint density at radius 2 is 1.33 bits per heavy atom. The van der Waals surface area contributed by atoms with Crippen LogP contribution in [0.2, 0.25) is 0 Å². The summed E-state index contributed by atoms with van der Waals surface area (Å²) in [5.41, 5.74) is 4.46. The van der Waals surface area contributed by atoms with Gasteiger partial charge >= 0.3 is 68.7 Å². The normalized spacial score (nSPS) is 23.5. The molecule has 0 amide bonds. The summed E-state index contributed by atoms with van der Waals surface area (Å²) in [5.74, 6) is -0.285. The minimum Gasteiger partial charge on any atom is -0.756 e. The molecule has 1 saturated heterocycles. The zero-order valence-electron chi connectivity index (χ0n) is 21.9. The third-order valence-corrected chi connectivity index (χ3v) is 11.4. The number of hydrogen-bond donors (Lipinski definition) is 12. The van der Waals surface area contributed by atoms with Crippen molar-refractivity contribution in [3.8, 4) is 0 Å². The van der Waals surface area contributed by atoms with Crippen molar-refractivity contribution >= 4 is 64.0 Å². The quantitative estimate of drug-likeness (QED) is 0.0701. The summed E-state index contributed by atoms with van der Waals surface area (Å²) >= 11 is 0. The van der Waals surface area contributed by atoms with Crippen LogP contribution in [0.5, 0.6) is 0 Å². The third-order valence-electron chi connectivity index (χ3n) is 4.29. The van der Waals surface area contributed by atoms with Gasteiger partial charge in [-0.25, -0.2) is 32.1 Å². The van der Waals surface area contributed by atoms with Gasteiger partial charge in [-0.1, -0.05) is 0 Å². The predicted molar refractivity (Wildman–Crippen MR) is 132 cm³/mol. The fraction of sp³-hybridized carbons (Fsp3) is 0.500. The number of H-pyrrole nitrogens is 1. The number of ether oxygens (including phenoxy) is 1. The topological polar surface area (TPSA) is 473 Å². The molecule has 36 heteroatoms. The van der Waals surface area contributed by atoms with Crippen molar-refractivity contribution in [2.75, 3.05) is 12.3 Å². The summed E-state index contributed by atoms with van der Waals surface area (Å²) in [5, 5.41) is 20.4. The summed E-state index contributed by atoms with van der Waals surface area (Å²) in [6.07, 6.45) is -5.45. The van der Waals surface area contributed by atoms with Gasteiger partial charge in [-0.2, -0.15) is 17.9 Å². The van der Waals surface area contributed by atoms with Gasteiger partial charge < -0.3 is 69.2 Å². The summed E-state index contributed by atoms with van der Waals surface area (Å²) in [4.78, 5) is 99.6. The number of nitrogens with two attached hydrogens (primary N) is 1. The second-order valence-corrected chi connectivity index (χ2v) is 16.4. The maximum atomic E-state index is 11.8. The molecular formula is C10H20N5NaO24P6. The van der Waals surface area contributed by atoms with Crippen LogP contribution in [0.3, 0.4) is 0 Å². The smallest absolute Gasteiger partial charge is 0.756 e. The Morgan fingerprint density at radius 3 is 1.78 bits per heavy atom. The Balaban J connectivity index is 0.000000642. The number of hydrogen-bond acceptors (Lipinski definition) is 19. The van der Waals surface area contributed by atoms with Crippen molar-refractivity contribution in [3.63, 3.8) is 0 Å². The van der Waals surface area contributed by atoms with Crippen LogP contribution in [0.1, 0.15) is 6.23 Å². The molecule has 6 atom stereocenters.